The Morgan fingerprint density at radius 2 is 1.71 bits per heavy atom. The number of fused-ring (bicyclic) bond motifs is 1. The van der Waals surface area contributed by atoms with Gasteiger partial charge < -0.3 is 14.4 Å². The van der Waals surface area contributed by atoms with Crippen LogP contribution in [-0.4, -0.2) is 61.1 Å². The van der Waals surface area contributed by atoms with Gasteiger partial charge in [0, 0.05) is 37.6 Å². The summed E-state index contributed by atoms with van der Waals surface area (Å²) in [6.07, 6.45) is 0. The third-order valence-corrected chi connectivity index (χ3v) is 6.38. The van der Waals surface area contributed by atoms with Crippen molar-refractivity contribution in [3.05, 3.63) is 63.8 Å². The van der Waals surface area contributed by atoms with E-state index in [1.807, 2.05) is 54.6 Å². The van der Waals surface area contributed by atoms with Crippen molar-refractivity contribution in [3.8, 4) is 5.75 Å². The van der Waals surface area contributed by atoms with E-state index in [1.165, 1.54) is 4.88 Å². The minimum atomic E-state index is -0.560. The first-order chi connectivity index (χ1) is 15.1. The lowest BCUT2D eigenvalue weighted by atomic mass is 10.1. The second-order valence-corrected chi connectivity index (χ2v) is 9.12. The molecule has 1 aliphatic rings. The molecule has 0 atom stereocenters. The molecular formula is C23H23ClN2O4S. The number of esters is 1. The van der Waals surface area contributed by atoms with Gasteiger partial charge in [-0.3, -0.25) is 9.69 Å². The summed E-state index contributed by atoms with van der Waals surface area (Å²) in [4.78, 5) is 29.6. The fourth-order valence-electron chi connectivity index (χ4n) is 3.49. The summed E-state index contributed by atoms with van der Waals surface area (Å²) in [5.41, 5.74) is 0. The number of hydrogen-bond acceptors (Lipinski definition) is 6. The average Bonchev–Trinajstić information content (AvgIpc) is 3.20. The Balaban J connectivity index is 1.16. The third-order valence-electron chi connectivity index (χ3n) is 5.17. The van der Waals surface area contributed by atoms with Crippen LogP contribution in [0.4, 0.5) is 0 Å². The molecule has 1 aromatic heterocycles. The fraction of sp³-hybridized carbons (Fsp3) is 0.304. The predicted octanol–water partition coefficient (Wildman–Crippen LogP) is 3.82. The number of thiophene rings is 1. The molecule has 2 heterocycles. The normalized spacial score (nSPS) is 14.5. The van der Waals surface area contributed by atoms with Crippen LogP contribution in [0.1, 0.15) is 4.88 Å². The molecule has 0 radical (unpaired) electrons. The molecule has 0 bridgehead atoms. The highest BCUT2D eigenvalue weighted by molar-refractivity contribution is 7.16. The lowest BCUT2D eigenvalue weighted by Crippen LogP contribution is -2.49. The maximum absolute atomic E-state index is 12.4. The second kappa shape index (κ2) is 10.1. The summed E-state index contributed by atoms with van der Waals surface area (Å²) in [6.45, 7) is 3.12. The van der Waals surface area contributed by atoms with Crippen molar-refractivity contribution >= 4 is 45.6 Å². The molecule has 6 nitrogen and oxygen atoms in total. The zero-order valence-corrected chi connectivity index (χ0v) is 18.5. The first kappa shape index (κ1) is 21.6. The quantitative estimate of drug-likeness (QED) is 0.504. The molecule has 0 saturated carbocycles. The maximum Gasteiger partial charge on any atom is 0.344 e. The molecule has 0 N–H and O–H groups in total. The Hall–Kier alpha value is -2.61. The van der Waals surface area contributed by atoms with Gasteiger partial charge >= 0.3 is 5.97 Å². The number of hydrogen-bond donors (Lipinski definition) is 0. The summed E-state index contributed by atoms with van der Waals surface area (Å²) < 4.78 is 11.4. The summed E-state index contributed by atoms with van der Waals surface area (Å²) in [6, 6.07) is 17.5. The minimum Gasteiger partial charge on any atom is -0.482 e. The van der Waals surface area contributed by atoms with Gasteiger partial charge in [0.1, 0.15) is 5.75 Å². The van der Waals surface area contributed by atoms with Crippen LogP contribution < -0.4 is 4.74 Å². The van der Waals surface area contributed by atoms with Crippen LogP contribution in [0.2, 0.25) is 4.34 Å². The Kier molecular flexibility index (Phi) is 7.06. The van der Waals surface area contributed by atoms with Gasteiger partial charge in [0.15, 0.2) is 13.2 Å². The molecule has 4 rings (SSSR count). The minimum absolute atomic E-state index is 0.183. The van der Waals surface area contributed by atoms with Crippen molar-refractivity contribution in [2.75, 3.05) is 39.4 Å². The van der Waals surface area contributed by atoms with Crippen LogP contribution >= 0.6 is 22.9 Å². The molecule has 1 fully saturated rings. The second-order valence-electron chi connectivity index (χ2n) is 7.32. The SMILES string of the molecule is O=C(COc1ccc2ccccc2c1)OCC(=O)N1CCN(Cc2ccc(Cl)s2)CC1. The molecule has 0 spiro atoms. The van der Waals surface area contributed by atoms with Gasteiger partial charge in [-0.05, 0) is 35.0 Å². The number of rotatable bonds is 7. The number of piperazine rings is 1. The molecule has 2 aromatic carbocycles. The van der Waals surface area contributed by atoms with Gasteiger partial charge in [-0.2, -0.15) is 0 Å². The zero-order chi connectivity index (χ0) is 21.6. The highest BCUT2D eigenvalue weighted by Crippen LogP contribution is 2.23. The lowest BCUT2D eigenvalue weighted by molar-refractivity contribution is -0.154. The average molecular weight is 459 g/mol. The Morgan fingerprint density at radius 1 is 0.935 bits per heavy atom. The van der Waals surface area contributed by atoms with E-state index in [9.17, 15) is 9.59 Å². The standard InChI is InChI=1S/C23H23ClN2O4S/c24-21-8-7-20(31-21)14-25-9-11-26(12-10-25)22(27)15-30-23(28)16-29-19-6-5-17-3-1-2-4-18(17)13-19/h1-8,13H,9-12,14-16H2. The monoisotopic (exact) mass is 458 g/mol. The molecule has 1 amide bonds. The Labute approximate surface area is 189 Å². The molecule has 1 aliphatic heterocycles. The number of benzene rings is 2. The fourth-order valence-corrected chi connectivity index (χ4v) is 4.62. The highest BCUT2D eigenvalue weighted by atomic mass is 35.5. The van der Waals surface area contributed by atoms with Crippen molar-refractivity contribution in [1.82, 2.24) is 9.80 Å². The van der Waals surface area contributed by atoms with Crippen LogP contribution in [0.3, 0.4) is 0 Å². The molecule has 0 aliphatic carbocycles. The molecule has 3 aromatic rings. The zero-order valence-electron chi connectivity index (χ0n) is 17.0. The van der Waals surface area contributed by atoms with E-state index < -0.39 is 5.97 Å². The van der Waals surface area contributed by atoms with Crippen molar-refractivity contribution in [3.63, 3.8) is 0 Å². The maximum atomic E-state index is 12.4. The van der Waals surface area contributed by atoms with E-state index in [-0.39, 0.29) is 19.1 Å². The van der Waals surface area contributed by atoms with E-state index in [2.05, 4.69) is 4.90 Å². The molecule has 31 heavy (non-hydrogen) atoms. The first-order valence-electron chi connectivity index (χ1n) is 10.1. The summed E-state index contributed by atoms with van der Waals surface area (Å²) in [5, 5.41) is 2.13. The number of carbonyl (C=O) groups is 2. The number of halogens is 1. The molecular weight excluding hydrogens is 436 g/mol. The Morgan fingerprint density at radius 3 is 2.45 bits per heavy atom. The van der Waals surface area contributed by atoms with Crippen LogP contribution in [0.25, 0.3) is 10.8 Å². The summed E-state index contributed by atoms with van der Waals surface area (Å²) in [5.74, 6) is -0.155. The van der Waals surface area contributed by atoms with Crippen LogP contribution in [-0.2, 0) is 20.9 Å². The van der Waals surface area contributed by atoms with Crippen molar-refractivity contribution in [1.29, 1.82) is 0 Å². The number of ether oxygens (including phenoxy) is 2. The lowest BCUT2D eigenvalue weighted by Gasteiger charge is -2.34. The topological polar surface area (TPSA) is 59.1 Å². The van der Waals surface area contributed by atoms with Gasteiger partial charge in [0.2, 0.25) is 0 Å². The molecule has 0 unspecified atom stereocenters. The highest BCUT2D eigenvalue weighted by Gasteiger charge is 2.22. The van der Waals surface area contributed by atoms with Crippen molar-refractivity contribution in [2.45, 2.75) is 6.54 Å². The molecule has 8 heteroatoms. The van der Waals surface area contributed by atoms with Crippen molar-refractivity contribution in [2.24, 2.45) is 0 Å². The smallest absolute Gasteiger partial charge is 0.344 e. The van der Waals surface area contributed by atoms with Gasteiger partial charge in [0.25, 0.3) is 5.91 Å². The predicted molar refractivity (Wildman–Crippen MR) is 122 cm³/mol. The number of amides is 1. The largest absolute Gasteiger partial charge is 0.482 e. The van der Waals surface area contributed by atoms with Crippen molar-refractivity contribution < 1.29 is 19.1 Å². The van der Waals surface area contributed by atoms with E-state index >= 15 is 0 Å². The van der Waals surface area contributed by atoms with Gasteiger partial charge in [-0.1, -0.05) is 41.9 Å². The molecule has 162 valence electrons. The van der Waals surface area contributed by atoms with Gasteiger partial charge in [0.05, 0.1) is 4.34 Å². The van der Waals surface area contributed by atoms with E-state index in [1.54, 1.807) is 16.2 Å². The summed E-state index contributed by atoms with van der Waals surface area (Å²) >= 11 is 7.56. The number of carbonyl (C=O) groups excluding carboxylic acids is 2. The third kappa shape index (κ3) is 5.97. The van der Waals surface area contributed by atoms with E-state index in [4.69, 9.17) is 21.1 Å². The van der Waals surface area contributed by atoms with Gasteiger partial charge in [-0.15, -0.1) is 11.3 Å². The Bertz CT molecular complexity index is 1060. The van der Waals surface area contributed by atoms with Crippen LogP contribution in [0, 0.1) is 0 Å². The van der Waals surface area contributed by atoms with E-state index in [0.29, 0.717) is 18.8 Å². The van der Waals surface area contributed by atoms with Crippen LogP contribution in [0.5, 0.6) is 5.75 Å². The first-order valence-corrected chi connectivity index (χ1v) is 11.3. The summed E-state index contributed by atoms with van der Waals surface area (Å²) in [7, 11) is 0. The number of nitrogens with zero attached hydrogens (tertiary/aromatic N) is 2. The molecule has 1 saturated heterocycles. The van der Waals surface area contributed by atoms with E-state index in [0.717, 1.165) is 34.7 Å². The van der Waals surface area contributed by atoms with Gasteiger partial charge in [-0.25, -0.2) is 4.79 Å². The van der Waals surface area contributed by atoms with Crippen LogP contribution in [0.15, 0.2) is 54.6 Å².